The summed E-state index contributed by atoms with van der Waals surface area (Å²) >= 11 is 0. The van der Waals surface area contributed by atoms with Crippen molar-refractivity contribution in [1.29, 1.82) is 0 Å². The molecule has 1 aliphatic rings. The van der Waals surface area contributed by atoms with Crippen molar-refractivity contribution in [3.8, 4) is 0 Å². The summed E-state index contributed by atoms with van der Waals surface area (Å²) in [7, 11) is 0. The Morgan fingerprint density at radius 1 is 1.00 bits per heavy atom. The molecule has 3 amide bonds. The maximum Gasteiger partial charge on any atom is 0.308 e. The van der Waals surface area contributed by atoms with Crippen LogP contribution in [-0.2, 0) is 14.3 Å². The second kappa shape index (κ2) is 8.64. The molecule has 1 heterocycles. The smallest absolute Gasteiger partial charge is 0.308 e. The fraction of sp³-hybridized carbons (Fsp3) is 0.238. The van der Waals surface area contributed by atoms with Gasteiger partial charge in [0.2, 0.25) is 0 Å². The van der Waals surface area contributed by atoms with Crippen LogP contribution in [0.25, 0.3) is 0 Å². The van der Waals surface area contributed by atoms with Gasteiger partial charge in [0.25, 0.3) is 17.7 Å². The molecule has 0 aliphatic carbocycles. The number of rotatable bonds is 7. The van der Waals surface area contributed by atoms with Gasteiger partial charge in [-0.3, -0.25) is 24.1 Å². The molecule has 0 aromatic heterocycles. The highest BCUT2D eigenvalue weighted by Gasteiger charge is 2.35. The van der Waals surface area contributed by atoms with Crippen molar-refractivity contribution in [2.75, 3.05) is 24.6 Å². The fourth-order valence-electron chi connectivity index (χ4n) is 3.06. The van der Waals surface area contributed by atoms with Gasteiger partial charge in [-0.25, -0.2) is 4.39 Å². The average molecular weight is 398 g/mol. The SMILES string of the molecule is CCN(C(=O)COC(=O)CCN1C(=O)c2ccccc2C1=O)c1ccc(F)cc1. The highest BCUT2D eigenvalue weighted by atomic mass is 19.1. The first-order valence-corrected chi connectivity index (χ1v) is 9.09. The molecule has 0 N–H and O–H groups in total. The van der Waals surface area contributed by atoms with Crippen molar-refractivity contribution in [1.82, 2.24) is 4.90 Å². The molecule has 150 valence electrons. The summed E-state index contributed by atoms with van der Waals surface area (Å²) in [6.07, 6.45) is -0.221. The third-order valence-corrected chi connectivity index (χ3v) is 4.53. The Balaban J connectivity index is 1.51. The quantitative estimate of drug-likeness (QED) is 0.528. The first-order valence-electron chi connectivity index (χ1n) is 9.09. The van der Waals surface area contributed by atoms with Crippen molar-refractivity contribution in [3.63, 3.8) is 0 Å². The predicted octanol–water partition coefficient (Wildman–Crippen LogP) is 2.41. The zero-order valence-corrected chi connectivity index (χ0v) is 15.8. The Morgan fingerprint density at radius 2 is 1.59 bits per heavy atom. The van der Waals surface area contributed by atoms with E-state index in [-0.39, 0.29) is 13.0 Å². The third-order valence-electron chi connectivity index (χ3n) is 4.53. The summed E-state index contributed by atoms with van der Waals surface area (Å²) in [4.78, 5) is 51.2. The van der Waals surface area contributed by atoms with Gasteiger partial charge in [-0.15, -0.1) is 0 Å². The van der Waals surface area contributed by atoms with E-state index >= 15 is 0 Å². The molecular formula is C21H19FN2O5. The molecule has 0 spiro atoms. The molecule has 3 rings (SSSR count). The Morgan fingerprint density at radius 3 is 2.14 bits per heavy atom. The first kappa shape index (κ1) is 20.2. The van der Waals surface area contributed by atoms with Crippen molar-refractivity contribution in [3.05, 3.63) is 65.5 Å². The number of esters is 1. The van der Waals surface area contributed by atoms with Crippen LogP contribution in [0.4, 0.5) is 10.1 Å². The molecule has 0 radical (unpaired) electrons. The lowest BCUT2D eigenvalue weighted by Crippen LogP contribution is -2.35. The number of imide groups is 1. The number of halogens is 1. The number of anilines is 1. The van der Waals surface area contributed by atoms with Crippen molar-refractivity contribution < 1.29 is 28.3 Å². The molecule has 7 nitrogen and oxygen atoms in total. The average Bonchev–Trinajstić information content (AvgIpc) is 2.97. The van der Waals surface area contributed by atoms with E-state index in [4.69, 9.17) is 4.74 Å². The number of benzene rings is 2. The topological polar surface area (TPSA) is 84.0 Å². The van der Waals surface area contributed by atoms with Gasteiger partial charge in [-0.05, 0) is 43.3 Å². The van der Waals surface area contributed by atoms with Gasteiger partial charge >= 0.3 is 5.97 Å². The predicted molar refractivity (Wildman–Crippen MR) is 102 cm³/mol. The van der Waals surface area contributed by atoms with Gasteiger partial charge in [-0.2, -0.15) is 0 Å². The molecular weight excluding hydrogens is 379 g/mol. The van der Waals surface area contributed by atoms with Crippen LogP contribution in [0, 0.1) is 5.82 Å². The minimum Gasteiger partial charge on any atom is -0.455 e. The van der Waals surface area contributed by atoms with Crippen molar-refractivity contribution in [2.45, 2.75) is 13.3 Å². The Labute approximate surface area is 166 Å². The molecule has 0 saturated heterocycles. The zero-order chi connectivity index (χ0) is 21.0. The number of ether oxygens (including phenoxy) is 1. The van der Waals surface area contributed by atoms with Gasteiger partial charge in [0.1, 0.15) is 5.82 Å². The molecule has 1 aliphatic heterocycles. The highest BCUT2D eigenvalue weighted by molar-refractivity contribution is 6.21. The second-order valence-electron chi connectivity index (χ2n) is 6.33. The van der Waals surface area contributed by atoms with E-state index in [2.05, 4.69) is 0 Å². The van der Waals surface area contributed by atoms with Crippen LogP contribution in [-0.4, -0.2) is 48.3 Å². The van der Waals surface area contributed by atoms with E-state index in [0.717, 1.165) is 4.90 Å². The van der Waals surface area contributed by atoms with E-state index in [9.17, 15) is 23.6 Å². The zero-order valence-electron chi connectivity index (χ0n) is 15.8. The Bertz CT molecular complexity index is 923. The van der Waals surface area contributed by atoms with Crippen molar-refractivity contribution in [2.24, 2.45) is 0 Å². The minimum absolute atomic E-state index is 0.130. The molecule has 0 fully saturated rings. The van der Waals surface area contributed by atoms with Crippen LogP contribution in [0.1, 0.15) is 34.1 Å². The summed E-state index contributed by atoms with van der Waals surface area (Å²) < 4.78 is 18.0. The lowest BCUT2D eigenvalue weighted by molar-refractivity contribution is -0.147. The summed E-state index contributed by atoms with van der Waals surface area (Å²) in [6.45, 7) is 1.43. The number of amides is 3. The summed E-state index contributed by atoms with van der Waals surface area (Å²) in [5.74, 6) is -2.50. The standard InChI is InChI=1S/C21H19FN2O5/c1-2-23(15-9-7-14(22)8-10-15)18(25)13-29-19(26)11-12-24-20(27)16-5-3-4-6-17(16)21(24)28/h3-10H,2,11-13H2,1H3. The fourth-order valence-corrected chi connectivity index (χ4v) is 3.06. The van der Waals surface area contributed by atoms with Gasteiger partial charge < -0.3 is 9.64 Å². The number of likely N-dealkylation sites (N-methyl/N-ethyl adjacent to an activating group) is 1. The van der Waals surface area contributed by atoms with E-state index in [0.29, 0.717) is 23.4 Å². The van der Waals surface area contributed by atoms with Crippen molar-refractivity contribution >= 4 is 29.4 Å². The normalized spacial score (nSPS) is 12.7. The van der Waals surface area contributed by atoms with Crippen LogP contribution in [0.2, 0.25) is 0 Å². The third kappa shape index (κ3) is 4.31. The number of hydrogen-bond donors (Lipinski definition) is 0. The largest absolute Gasteiger partial charge is 0.455 e. The van der Waals surface area contributed by atoms with Gasteiger partial charge in [0, 0.05) is 18.8 Å². The van der Waals surface area contributed by atoms with Crippen LogP contribution >= 0.6 is 0 Å². The molecule has 29 heavy (non-hydrogen) atoms. The van der Waals surface area contributed by atoms with Gasteiger partial charge in [0.05, 0.1) is 17.5 Å². The Kier molecular flexibility index (Phi) is 6.01. The summed E-state index contributed by atoms with van der Waals surface area (Å²) in [5.41, 5.74) is 1.10. The molecule has 2 aromatic rings. The summed E-state index contributed by atoms with van der Waals surface area (Å²) in [5, 5.41) is 0. The lowest BCUT2D eigenvalue weighted by atomic mass is 10.1. The van der Waals surface area contributed by atoms with E-state index < -0.39 is 36.1 Å². The van der Waals surface area contributed by atoms with Crippen LogP contribution in [0.15, 0.2) is 48.5 Å². The molecule has 0 unspecified atom stereocenters. The molecule has 2 aromatic carbocycles. The van der Waals surface area contributed by atoms with Gasteiger partial charge in [-0.1, -0.05) is 12.1 Å². The minimum atomic E-state index is -0.704. The van der Waals surface area contributed by atoms with Crippen LogP contribution < -0.4 is 4.90 Å². The Hall–Kier alpha value is -3.55. The van der Waals surface area contributed by atoms with E-state index in [1.807, 2.05) is 0 Å². The molecule has 0 bridgehead atoms. The lowest BCUT2D eigenvalue weighted by Gasteiger charge is -2.21. The first-order chi connectivity index (χ1) is 13.9. The summed E-state index contributed by atoms with van der Waals surface area (Å²) in [6, 6.07) is 11.8. The number of carbonyl (C=O) groups is 4. The van der Waals surface area contributed by atoms with Crippen LogP contribution in [0.3, 0.4) is 0 Å². The second-order valence-corrected chi connectivity index (χ2v) is 6.33. The maximum atomic E-state index is 13.0. The molecule has 8 heteroatoms. The van der Waals surface area contributed by atoms with Crippen LogP contribution in [0.5, 0.6) is 0 Å². The molecule has 0 atom stereocenters. The van der Waals surface area contributed by atoms with E-state index in [1.54, 1.807) is 31.2 Å². The number of carbonyl (C=O) groups excluding carboxylic acids is 4. The number of fused-ring (bicyclic) bond motifs is 1. The monoisotopic (exact) mass is 398 g/mol. The number of nitrogens with zero attached hydrogens (tertiary/aromatic N) is 2. The molecule has 0 saturated carbocycles. The van der Waals surface area contributed by atoms with E-state index in [1.165, 1.54) is 29.2 Å². The number of hydrogen-bond acceptors (Lipinski definition) is 5. The maximum absolute atomic E-state index is 13.0. The highest BCUT2D eigenvalue weighted by Crippen LogP contribution is 2.22. The van der Waals surface area contributed by atoms with Gasteiger partial charge in [0.15, 0.2) is 6.61 Å².